The van der Waals surface area contributed by atoms with Crippen molar-refractivity contribution >= 4 is 12.1 Å². The van der Waals surface area contributed by atoms with Gasteiger partial charge in [0, 0.05) is 13.1 Å². The van der Waals surface area contributed by atoms with E-state index in [1.54, 1.807) is 20.8 Å². The molecule has 1 amide bonds. The van der Waals surface area contributed by atoms with Crippen molar-refractivity contribution in [2.75, 3.05) is 20.2 Å². The standard InChI is InChI=1S/C13H23NO5/c1-13(2,3)19-12(17)14-7-5-9(11(16)18-4)10(15)6-8-14/h9-10,15H,5-8H2,1-4H3/t9-,10+/m0/s1. The largest absolute Gasteiger partial charge is 0.469 e. The molecule has 1 aliphatic heterocycles. The topological polar surface area (TPSA) is 76.1 Å². The van der Waals surface area contributed by atoms with Gasteiger partial charge in [0.25, 0.3) is 0 Å². The van der Waals surface area contributed by atoms with Gasteiger partial charge in [0.05, 0.1) is 19.1 Å². The van der Waals surface area contributed by atoms with Crippen molar-refractivity contribution in [3.05, 3.63) is 0 Å². The number of carbonyl (C=O) groups excluding carboxylic acids is 2. The number of likely N-dealkylation sites (tertiary alicyclic amines) is 1. The molecule has 1 fully saturated rings. The average Bonchev–Trinajstić information content (AvgIpc) is 2.48. The maximum absolute atomic E-state index is 11.9. The van der Waals surface area contributed by atoms with Crippen LogP contribution < -0.4 is 0 Å². The first-order chi connectivity index (χ1) is 8.74. The highest BCUT2D eigenvalue weighted by Gasteiger charge is 2.33. The SMILES string of the molecule is COC(=O)[C@H]1CCN(C(=O)OC(C)(C)C)CC[C@H]1O. The third kappa shape index (κ3) is 4.70. The summed E-state index contributed by atoms with van der Waals surface area (Å²) in [5, 5.41) is 9.90. The number of methoxy groups -OCH3 is 1. The minimum Gasteiger partial charge on any atom is -0.469 e. The molecular formula is C13H23NO5. The normalized spacial score (nSPS) is 24.6. The second-order valence-corrected chi connectivity index (χ2v) is 5.74. The Morgan fingerprint density at radius 2 is 1.79 bits per heavy atom. The number of amides is 1. The van der Waals surface area contributed by atoms with E-state index in [-0.39, 0.29) is 0 Å². The van der Waals surface area contributed by atoms with Gasteiger partial charge in [-0.1, -0.05) is 0 Å². The molecule has 1 heterocycles. The van der Waals surface area contributed by atoms with Gasteiger partial charge in [-0.3, -0.25) is 4.79 Å². The van der Waals surface area contributed by atoms with E-state index < -0.39 is 29.7 Å². The Labute approximate surface area is 113 Å². The van der Waals surface area contributed by atoms with E-state index >= 15 is 0 Å². The van der Waals surface area contributed by atoms with Gasteiger partial charge in [0.2, 0.25) is 0 Å². The number of aliphatic hydroxyl groups is 1. The van der Waals surface area contributed by atoms with Gasteiger partial charge in [-0.25, -0.2) is 4.79 Å². The lowest BCUT2D eigenvalue weighted by atomic mass is 9.98. The first-order valence-electron chi connectivity index (χ1n) is 6.48. The smallest absolute Gasteiger partial charge is 0.410 e. The fraction of sp³-hybridized carbons (Fsp3) is 0.846. The van der Waals surface area contributed by atoms with Crippen LogP contribution in [0.4, 0.5) is 4.79 Å². The number of aliphatic hydroxyl groups excluding tert-OH is 1. The molecule has 1 aliphatic rings. The molecule has 0 aliphatic carbocycles. The van der Waals surface area contributed by atoms with Crippen LogP contribution in [0.1, 0.15) is 33.6 Å². The van der Waals surface area contributed by atoms with Gasteiger partial charge in [-0.05, 0) is 33.6 Å². The summed E-state index contributed by atoms with van der Waals surface area (Å²) < 4.78 is 9.94. The lowest BCUT2D eigenvalue weighted by molar-refractivity contribution is -0.149. The number of hydrogen-bond donors (Lipinski definition) is 1. The van der Waals surface area contributed by atoms with Crippen molar-refractivity contribution < 1.29 is 24.2 Å². The molecule has 0 spiro atoms. The molecule has 19 heavy (non-hydrogen) atoms. The first kappa shape index (κ1) is 15.8. The van der Waals surface area contributed by atoms with Gasteiger partial charge in [0.15, 0.2) is 0 Å². The van der Waals surface area contributed by atoms with Crippen molar-refractivity contribution in [2.45, 2.75) is 45.3 Å². The van der Waals surface area contributed by atoms with Crippen molar-refractivity contribution in [1.82, 2.24) is 4.90 Å². The highest BCUT2D eigenvalue weighted by molar-refractivity contribution is 5.73. The summed E-state index contributed by atoms with van der Waals surface area (Å²) in [4.78, 5) is 25.0. The molecule has 1 rings (SSSR count). The number of esters is 1. The molecule has 0 radical (unpaired) electrons. The van der Waals surface area contributed by atoms with Crippen LogP contribution in [-0.4, -0.2) is 54.0 Å². The summed E-state index contributed by atoms with van der Waals surface area (Å²) in [5.74, 6) is -1.00. The van der Waals surface area contributed by atoms with Crippen LogP contribution in [0.25, 0.3) is 0 Å². The zero-order valence-corrected chi connectivity index (χ0v) is 12.0. The zero-order chi connectivity index (χ0) is 14.6. The summed E-state index contributed by atoms with van der Waals surface area (Å²) >= 11 is 0. The molecule has 0 aromatic rings. The second-order valence-electron chi connectivity index (χ2n) is 5.74. The monoisotopic (exact) mass is 273 g/mol. The van der Waals surface area contributed by atoms with E-state index in [1.807, 2.05) is 0 Å². The van der Waals surface area contributed by atoms with E-state index in [0.717, 1.165) is 0 Å². The van der Waals surface area contributed by atoms with Crippen LogP contribution >= 0.6 is 0 Å². The Bertz CT molecular complexity index is 336. The van der Waals surface area contributed by atoms with Gasteiger partial charge < -0.3 is 19.5 Å². The summed E-state index contributed by atoms with van der Waals surface area (Å²) in [5.41, 5.74) is -0.552. The minimum atomic E-state index is -0.778. The van der Waals surface area contributed by atoms with Gasteiger partial charge >= 0.3 is 12.1 Å². The summed E-state index contributed by atoms with van der Waals surface area (Å²) in [6, 6.07) is 0. The molecule has 1 N–H and O–H groups in total. The highest BCUT2D eigenvalue weighted by Crippen LogP contribution is 2.21. The molecule has 0 bridgehead atoms. The third-order valence-corrected chi connectivity index (χ3v) is 3.02. The fourth-order valence-electron chi connectivity index (χ4n) is 2.02. The van der Waals surface area contributed by atoms with Gasteiger partial charge in [0.1, 0.15) is 5.60 Å². The van der Waals surface area contributed by atoms with E-state index in [9.17, 15) is 14.7 Å². The quantitative estimate of drug-likeness (QED) is 0.726. The van der Waals surface area contributed by atoms with Crippen molar-refractivity contribution in [3.63, 3.8) is 0 Å². The summed E-state index contributed by atoms with van der Waals surface area (Å²) in [6.45, 7) is 6.16. The van der Waals surface area contributed by atoms with Crippen LogP contribution in [0.15, 0.2) is 0 Å². The molecule has 2 atom stereocenters. The molecule has 1 saturated heterocycles. The highest BCUT2D eigenvalue weighted by atomic mass is 16.6. The summed E-state index contributed by atoms with van der Waals surface area (Å²) in [6.07, 6.45) is -0.461. The molecule has 0 aromatic heterocycles. The third-order valence-electron chi connectivity index (χ3n) is 3.02. The number of hydrogen-bond acceptors (Lipinski definition) is 5. The van der Waals surface area contributed by atoms with Gasteiger partial charge in [-0.2, -0.15) is 0 Å². The first-order valence-corrected chi connectivity index (χ1v) is 6.48. The van der Waals surface area contributed by atoms with Crippen LogP contribution in [0.3, 0.4) is 0 Å². The molecule has 0 unspecified atom stereocenters. The van der Waals surface area contributed by atoms with E-state index in [1.165, 1.54) is 12.0 Å². The lowest BCUT2D eigenvalue weighted by Crippen LogP contribution is -2.37. The Hall–Kier alpha value is -1.30. The lowest BCUT2D eigenvalue weighted by Gasteiger charge is -2.26. The maximum Gasteiger partial charge on any atom is 0.410 e. The van der Waals surface area contributed by atoms with Crippen molar-refractivity contribution in [1.29, 1.82) is 0 Å². The maximum atomic E-state index is 11.9. The zero-order valence-electron chi connectivity index (χ0n) is 12.0. The van der Waals surface area contributed by atoms with E-state index in [0.29, 0.717) is 25.9 Å². The van der Waals surface area contributed by atoms with Crippen molar-refractivity contribution in [3.8, 4) is 0 Å². The molecule has 0 saturated carbocycles. The molecule has 110 valence electrons. The fourth-order valence-corrected chi connectivity index (χ4v) is 2.02. The second kappa shape index (κ2) is 6.23. The number of ether oxygens (including phenoxy) is 2. The Morgan fingerprint density at radius 1 is 1.21 bits per heavy atom. The van der Waals surface area contributed by atoms with Crippen LogP contribution in [-0.2, 0) is 14.3 Å². The predicted octanol–water partition coefficient (Wildman–Crippen LogP) is 1.17. The predicted molar refractivity (Wildman–Crippen MR) is 68.6 cm³/mol. The Balaban J connectivity index is 2.62. The number of rotatable bonds is 1. The molecular weight excluding hydrogens is 250 g/mol. The van der Waals surface area contributed by atoms with Crippen LogP contribution in [0, 0.1) is 5.92 Å². The van der Waals surface area contributed by atoms with Gasteiger partial charge in [-0.15, -0.1) is 0 Å². The van der Waals surface area contributed by atoms with Crippen LogP contribution in [0.2, 0.25) is 0 Å². The number of carbonyl (C=O) groups is 2. The number of nitrogens with zero attached hydrogens (tertiary/aromatic N) is 1. The summed E-state index contributed by atoms with van der Waals surface area (Å²) in [7, 11) is 1.30. The Morgan fingerprint density at radius 3 is 2.32 bits per heavy atom. The Kier molecular flexibility index (Phi) is 5.17. The van der Waals surface area contributed by atoms with Crippen LogP contribution in [0.5, 0.6) is 0 Å². The molecule has 6 nitrogen and oxygen atoms in total. The minimum absolute atomic E-state index is 0.346. The molecule has 6 heteroatoms. The van der Waals surface area contributed by atoms with E-state index in [4.69, 9.17) is 4.74 Å². The molecule has 0 aromatic carbocycles. The van der Waals surface area contributed by atoms with E-state index in [2.05, 4.69) is 4.74 Å². The van der Waals surface area contributed by atoms with Crippen molar-refractivity contribution in [2.24, 2.45) is 5.92 Å². The average molecular weight is 273 g/mol.